The molecule has 0 aromatic carbocycles. The summed E-state index contributed by atoms with van der Waals surface area (Å²) in [6, 6.07) is 0. The third-order valence-electron chi connectivity index (χ3n) is 3.90. The van der Waals surface area contributed by atoms with Crippen LogP contribution in [0.3, 0.4) is 0 Å². The maximum absolute atomic E-state index is 6.60. The van der Waals surface area contributed by atoms with E-state index in [1.54, 1.807) is 0 Å². The fourth-order valence-electron chi connectivity index (χ4n) is 3.12. The average molecular weight is 267 g/mol. The highest BCUT2D eigenvalue weighted by Gasteiger charge is 2.46. The van der Waals surface area contributed by atoms with Crippen molar-refractivity contribution in [1.82, 2.24) is 0 Å². The van der Waals surface area contributed by atoms with Gasteiger partial charge in [0.2, 0.25) is 8.32 Å². The maximum Gasteiger partial charge on any atom is 0.201 e. The highest BCUT2D eigenvalue weighted by molar-refractivity contribution is 6.77. The molecule has 0 aliphatic carbocycles. The van der Waals surface area contributed by atoms with Gasteiger partial charge in [0.1, 0.15) is 0 Å². The summed E-state index contributed by atoms with van der Waals surface area (Å²) >= 11 is 0. The molecule has 1 unspecified atom stereocenters. The molecule has 18 heavy (non-hydrogen) atoms. The van der Waals surface area contributed by atoms with Gasteiger partial charge in [-0.1, -0.05) is 47.6 Å². The van der Waals surface area contributed by atoms with E-state index in [4.69, 9.17) is 10.8 Å². The molecule has 0 radical (unpaired) electrons. The Kier molecular flexibility index (Phi) is 7.59. The predicted octanol–water partition coefficient (Wildman–Crippen LogP) is 5.15. The van der Waals surface area contributed by atoms with Crippen molar-refractivity contribution >= 4 is 8.32 Å². The van der Waals surface area contributed by atoms with Gasteiger partial charge in [0.25, 0.3) is 0 Å². The quantitative estimate of drug-likeness (QED) is 0.335. The first kappa shape index (κ1) is 17.5. The van der Waals surface area contributed by atoms with E-state index in [0.29, 0.717) is 16.6 Å². The molecule has 104 valence electrons. The average Bonchev–Trinajstić information content (AvgIpc) is 2.28. The van der Waals surface area contributed by atoms with Crippen molar-refractivity contribution in [2.24, 2.45) is 0 Å². The Morgan fingerprint density at radius 3 is 1.83 bits per heavy atom. The lowest BCUT2D eigenvalue weighted by molar-refractivity contribution is 0.209. The lowest BCUT2D eigenvalue weighted by Gasteiger charge is -2.44. The fraction of sp³-hybridized carbons (Fsp3) is 0.750. The van der Waals surface area contributed by atoms with Crippen LogP contribution in [0.2, 0.25) is 16.6 Å². The molecule has 0 rings (SSSR count). The minimum Gasteiger partial charge on any atom is -0.410 e. The molecule has 0 bridgehead atoms. The van der Waals surface area contributed by atoms with Gasteiger partial charge in [-0.3, -0.25) is 0 Å². The van der Waals surface area contributed by atoms with Crippen LogP contribution in [0.4, 0.5) is 0 Å². The molecule has 0 aliphatic rings. The van der Waals surface area contributed by atoms with E-state index in [-0.39, 0.29) is 6.10 Å². The van der Waals surface area contributed by atoms with Crippen LogP contribution in [-0.2, 0) is 4.43 Å². The van der Waals surface area contributed by atoms with Gasteiger partial charge >= 0.3 is 0 Å². The molecule has 0 amide bonds. The van der Waals surface area contributed by atoms with Crippen LogP contribution >= 0.6 is 0 Å². The van der Waals surface area contributed by atoms with E-state index >= 15 is 0 Å². The van der Waals surface area contributed by atoms with Crippen LogP contribution < -0.4 is 0 Å². The monoisotopic (exact) mass is 266 g/mol. The Hall–Kier alpha value is -0.523. The number of hydrogen-bond acceptors (Lipinski definition) is 1. The van der Waals surface area contributed by atoms with Gasteiger partial charge in [0, 0.05) is 6.42 Å². The Labute approximate surface area is 115 Å². The van der Waals surface area contributed by atoms with Gasteiger partial charge in [0.15, 0.2) is 0 Å². The van der Waals surface area contributed by atoms with E-state index in [9.17, 15) is 0 Å². The first-order valence-corrected chi connectivity index (χ1v) is 9.20. The summed E-state index contributed by atoms with van der Waals surface area (Å²) in [6.07, 6.45) is 9.03. The van der Waals surface area contributed by atoms with E-state index < -0.39 is 8.32 Å². The minimum absolute atomic E-state index is 0.111. The van der Waals surface area contributed by atoms with Crippen molar-refractivity contribution in [1.29, 1.82) is 0 Å². The van der Waals surface area contributed by atoms with E-state index in [2.05, 4.69) is 54.0 Å². The Bertz CT molecular complexity index is 264. The number of hydrogen-bond donors (Lipinski definition) is 0. The van der Waals surface area contributed by atoms with Crippen molar-refractivity contribution in [3.63, 3.8) is 0 Å². The zero-order chi connectivity index (χ0) is 14.3. The molecule has 0 aromatic heterocycles. The summed E-state index contributed by atoms with van der Waals surface area (Å²) < 4.78 is 6.60. The van der Waals surface area contributed by atoms with Gasteiger partial charge in [-0.25, -0.2) is 0 Å². The number of rotatable bonds is 8. The molecule has 0 heterocycles. The van der Waals surface area contributed by atoms with Crippen LogP contribution in [0.15, 0.2) is 12.7 Å². The molecule has 0 aliphatic heterocycles. The van der Waals surface area contributed by atoms with Crippen LogP contribution in [-0.4, -0.2) is 14.4 Å². The zero-order valence-corrected chi connectivity index (χ0v) is 14.0. The Morgan fingerprint density at radius 1 is 1.11 bits per heavy atom. The molecule has 1 nitrogen and oxygen atoms in total. The summed E-state index contributed by atoms with van der Waals surface area (Å²) in [5.74, 6) is 2.69. The molecule has 0 aromatic rings. The fourth-order valence-corrected chi connectivity index (χ4v) is 8.68. The third kappa shape index (κ3) is 4.00. The van der Waals surface area contributed by atoms with Crippen molar-refractivity contribution in [3.8, 4) is 12.3 Å². The molecule has 0 saturated carbocycles. The normalized spacial score (nSPS) is 14.0. The summed E-state index contributed by atoms with van der Waals surface area (Å²) in [5.41, 5.74) is 1.81. The molecule has 0 saturated heterocycles. The summed E-state index contributed by atoms with van der Waals surface area (Å²) in [4.78, 5) is 0. The minimum atomic E-state index is -1.80. The molecule has 0 N–H and O–H groups in total. The van der Waals surface area contributed by atoms with Gasteiger partial charge in [-0.05, 0) is 23.0 Å². The molecule has 0 spiro atoms. The first-order chi connectivity index (χ1) is 8.32. The van der Waals surface area contributed by atoms with Gasteiger partial charge in [-0.15, -0.1) is 18.9 Å². The summed E-state index contributed by atoms with van der Waals surface area (Å²) in [5, 5.41) is 0. The first-order valence-electron chi connectivity index (χ1n) is 7.06. The standard InChI is InChI=1S/C16H30OSi/c1-9-11-12-16(10-2)17-18(13(3)4,14(5)6)15(7)8/h1,10,13-16H,2,11-12H2,3-8H3. The van der Waals surface area contributed by atoms with Crippen molar-refractivity contribution in [3.05, 3.63) is 12.7 Å². The van der Waals surface area contributed by atoms with Crippen molar-refractivity contribution < 1.29 is 4.43 Å². The predicted molar refractivity (Wildman–Crippen MR) is 84.2 cm³/mol. The highest BCUT2D eigenvalue weighted by atomic mass is 28.4. The summed E-state index contributed by atoms with van der Waals surface area (Å²) in [7, 11) is -1.80. The van der Waals surface area contributed by atoms with Gasteiger partial charge in [-0.2, -0.15) is 0 Å². The van der Waals surface area contributed by atoms with Crippen LogP contribution in [0.25, 0.3) is 0 Å². The maximum atomic E-state index is 6.60. The largest absolute Gasteiger partial charge is 0.410 e. The van der Waals surface area contributed by atoms with Crippen LogP contribution in [0.5, 0.6) is 0 Å². The topological polar surface area (TPSA) is 9.23 Å². The third-order valence-corrected chi connectivity index (χ3v) is 10.0. The molecule has 2 heteroatoms. The summed E-state index contributed by atoms with van der Waals surface area (Å²) in [6.45, 7) is 17.7. The Balaban J connectivity index is 5.09. The second-order valence-electron chi connectivity index (χ2n) is 5.95. The zero-order valence-electron chi connectivity index (χ0n) is 13.0. The lowest BCUT2D eigenvalue weighted by Crippen LogP contribution is -2.49. The smallest absolute Gasteiger partial charge is 0.201 e. The molecular formula is C16H30OSi. The number of terminal acetylenes is 1. The SMILES string of the molecule is C#CCCC(C=C)O[Si](C(C)C)(C(C)C)C(C)C. The van der Waals surface area contributed by atoms with Crippen LogP contribution in [0.1, 0.15) is 54.4 Å². The Morgan fingerprint density at radius 2 is 1.56 bits per heavy atom. The molecule has 1 atom stereocenters. The lowest BCUT2D eigenvalue weighted by atomic mass is 10.2. The van der Waals surface area contributed by atoms with Gasteiger partial charge in [0.05, 0.1) is 6.10 Å². The van der Waals surface area contributed by atoms with Crippen LogP contribution in [0, 0.1) is 12.3 Å². The highest BCUT2D eigenvalue weighted by Crippen LogP contribution is 2.43. The van der Waals surface area contributed by atoms with Crippen molar-refractivity contribution in [2.75, 3.05) is 0 Å². The van der Waals surface area contributed by atoms with E-state index in [1.807, 2.05) is 6.08 Å². The second-order valence-corrected chi connectivity index (χ2v) is 11.4. The van der Waals surface area contributed by atoms with E-state index in [0.717, 1.165) is 12.8 Å². The second kappa shape index (κ2) is 7.81. The molecular weight excluding hydrogens is 236 g/mol. The van der Waals surface area contributed by atoms with E-state index in [1.165, 1.54) is 0 Å². The molecule has 0 fully saturated rings. The van der Waals surface area contributed by atoms with Gasteiger partial charge < -0.3 is 4.43 Å². The van der Waals surface area contributed by atoms with Crippen molar-refractivity contribution in [2.45, 2.75) is 77.1 Å².